The van der Waals surface area contributed by atoms with Gasteiger partial charge >= 0.3 is 0 Å². The molecule has 21 heavy (non-hydrogen) atoms. The molecule has 0 aliphatic carbocycles. The van der Waals surface area contributed by atoms with Crippen molar-refractivity contribution in [2.45, 2.75) is 26.4 Å². The van der Waals surface area contributed by atoms with Crippen molar-refractivity contribution in [2.75, 3.05) is 0 Å². The first-order chi connectivity index (χ1) is 10.4. The third kappa shape index (κ3) is 3.29. The molecule has 2 heteroatoms. The number of rotatable bonds is 5. The summed E-state index contributed by atoms with van der Waals surface area (Å²) in [4.78, 5) is 4.49. The summed E-state index contributed by atoms with van der Waals surface area (Å²) in [5.41, 5.74) is 5.05. The Kier molecular flexibility index (Phi) is 4.27. The van der Waals surface area contributed by atoms with E-state index in [1.807, 2.05) is 12.3 Å². The van der Waals surface area contributed by atoms with Crippen LogP contribution >= 0.6 is 0 Å². The van der Waals surface area contributed by atoms with Crippen LogP contribution in [0.2, 0.25) is 0 Å². The Morgan fingerprint density at radius 2 is 1.62 bits per heavy atom. The van der Waals surface area contributed by atoms with E-state index in [9.17, 15) is 0 Å². The van der Waals surface area contributed by atoms with Gasteiger partial charge in [-0.2, -0.15) is 0 Å². The predicted molar refractivity (Wildman–Crippen MR) is 88.1 cm³/mol. The molecule has 1 aromatic heterocycles. The molecule has 0 fully saturated rings. The minimum Gasteiger partial charge on any atom is -0.309 e. The summed E-state index contributed by atoms with van der Waals surface area (Å²) in [6, 6.07) is 19.2. The first-order valence-electron chi connectivity index (χ1n) is 7.48. The van der Waals surface area contributed by atoms with Gasteiger partial charge in [-0.15, -0.1) is 0 Å². The number of aromatic nitrogens is 1. The number of pyridine rings is 1. The van der Waals surface area contributed by atoms with E-state index in [0.29, 0.717) is 0 Å². The molecule has 2 aromatic carbocycles. The average Bonchev–Trinajstić information content (AvgIpc) is 2.56. The van der Waals surface area contributed by atoms with Crippen LogP contribution in [0.15, 0.2) is 60.8 Å². The lowest BCUT2D eigenvalue weighted by Gasteiger charge is -2.08. The zero-order valence-electron chi connectivity index (χ0n) is 12.3. The number of aryl methyl sites for hydroxylation is 1. The Labute approximate surface area is 125 Å². The highest BCUT2D eigenvalue weighted by molar-refractivity contribution is 5.81. The molecule has 0 aliphatic rings. The molecule has 2 nitrogen and oxygen atoms in total. The van der Waals surface area contributed by atoms with Crippen LogP contribution < -0.4 is 5.32 Å². The molecule has 106 valence electrons. The predicted octanol–water partition coefficient (Wildman–Crippen LogP) is 4.09. The van der Waals surface area contributed by atoms with Gasteiger partial charge in [-0.3, -0.25) is 4.98 Å². The highest BCUT2D eigenvalue weighted by Crippen LogP contribution is 2.15. The Morgan fingerprint density at radius 3 is 2.43 bits per heavy atom. The van der Waals surface area contributed by atoms with E-state index in [1.165, 1.54) is 22.1 Å². The van der Waals surface area contributed by atoms with Crippen molar-refractivity contribution in [3.05, 3.63) is 77.5 Å². The van der Waals surface area contributed by atoms with E-state index in [2.05, 4.69) is 65.8 Å². The summed E-state index contributed by atoms with van der Waals surface area (Å²) in [6.07, 6.45) is 2.95. The second-order valence-electron chi connectivity index (χ2n) is 5.27. The molecule has 0 bridgehead atoms. The van der Waals surface area contributed by atoms with Crippen molar-refractivity contribution < 1.29 is 0 Å². The van der Waals surface area contributed by atoms with Crippen LogP contribution in [0.25, 0.3) is 10.9 Å². The third-order valence-corrected chi connectivity index (χ3v) is 3.79. The summed E-state index contributed by atoms with van der Waals surface area (Å²) < 4.78 is 0. The van der Waals surface area contributed by atoms with Crippen molar-refractivity contribution in [2.24, 2.45) is 0 Å². The maximum Gasteiger partial charge on any atom is 0.0746 e. The van der Waals surface area contributed by atoms with Crippen LogP contribution in [0.3, 0.4) is 0 Å². The minimum absolute atomic E-state index is 0.837. The summed E-state index contributed by atoms with van der Waals surface area (Å²) in [7, 11) is 0. The molecule has 0 saturated heterocycles. The Morgan fingerprint density at radius 1 is 0.857 bits per heavy atom. The summed E-state index contributed by atoms with van der Waals surface area (Å²) in [5, 5.41) is 4.71. The van der Waals surface area contributed by atoms with Crippen LogP contribution in [0.5, 0.6) is 0 Å². The molecule has 1 N–H and O–H groups in total. The maximum atomic E-state index is 4.49. The van der Waals surface area contributed by atoms with Gasteiger partial charge in [0.05, 0.1) is 5.52 Å². The number of fused-ring (bicyclic) bond motifs is 1. The van der Waals surface area contributed by atoms with Gasteiger partial charge in [0.15, 0.2) is 0 Å². The van der Waals surface area contributed by atoms with Crippen LogP contribution in [0.1, 0.15) is 23.6 Å². The average molecular weight is 276 g/mol. The lowest BCUT2D eigenvalue weighted by molar-refractivity contribution is 0.695. The molecule has 1 heterocycles. The molecule has 3 rings (SSSR count). The van der Waals surface area contributed by atoms with Gasteiger partial charge in [-0.05, 0) is 29.2 Å². The third-order valence-electron chi connectivity index (χ3n) is 3.79. The zero-order valence-corrected chi connectivity index (χ0v) is 12.3. The number of nitrogens with zero attached hydrogens (tertiary/aromatic N) is 1. The second-order valence-corrected chi connectivity index (χ2v) is 5.27. The SMILES string of the molecule is CCc1ccc(CNCc2cccc3cccnc23)cc1. The van der Waals surface area contributed by atoms with Crippen molar-refractivity contribution in [1.82, 2.24) is 10.3 Å². The molecule has 0 amide bonds. The van der Waals surface area contributed by atoms with Gasteiger partial charge in [0.25, 0.3) is 0 Å². The Balaban J connectivity index is 1.66. The number of para-hydroxylation sites is 1. The van der Waals surface area contributed by atoms with Crippen molar-refractivity contribution in [1.29, 1.82) is 0 Å². The normalized spacial score (nSPS) is 10.9. The van der Waals surface area contributed by atoms with Gasteiger partial charge in [0.1, 0.15) is 0 Å². The molecular formula is C19H20N2. The van der Waals surface area contributed by atoms with E-state index in [0.717, 1.165) is 25.0 Å². The van der Waals surface area contributed by atoms with E-state index < -0.39 is 0 Å². The van der Waals surface area contributed by atoms with Crippen LogP contribution in [-0.4, -0.2) is 4.98 Å². The smallest absolute Gasteiger partial charge is 0.0746 e. The lowest BCUT2D eigenvalue weighted by Crippen LogP contribution is -2.13. The van der Waals surface area contributed by atoms with Gasteiger partial charge in [-0.25, -0.2) is 0 Å². The van der Waals surface area contributed by atoms with Gasteiger partial charge in [0.2, 0.25) is 0 Å². The fourth-order valence-corrected chi connectivity index (χ4v) is 2.54. The van der Waals surface area contributed by atoms with Crippen LogP contribution in [0, 0.1) is 0 Å². The zero-order chi connectivity index (χ0) is 14.5. The maximum absolute atomic E-state index is 4.49. The number of hydrogen-bond acceptors (Lipinski definition) is 2. The number of nitrogens with one attached hydrogen (secondary N) is 1. The van der Waals surface area contributed by atoms with E-state index in [-0.39, 0.29) is 0 Å². The monoisotopic (exact) mass is 276 g/mol. The minimum atomic E-state index is 0.837. The first kappa shape index (κ1) is 13.8. The lowest BCUT2D eigenvalue weighted by atomic mass is 10.1. The number of hydrogen-bond donors (Lipinski definition) is 1. The molecule has 0 radical (unpaired) electrons. The molecule has 0 unspecified atom stereocenters. The molecule has 0 atom stereocenters. The standard InChI is InChI=1S/C19H20N2/c1-2-15-8-10-16(11-9-15)13-20-14-18-6-3-5-17-7-4-12-21-19(17)18/h3-12,20H,2,13-14H2,1H3. The molecule has 0 saturated carbocycles. The molecule has 0 aliphatic heterocycles. The van der Waals surface area contributed by atoms with Gasteiger partial charge in [-0.1, -0.05) is 55.5 Å². The van der Waals surface area contributed by atoms with Crippen molar-refractivity contribution >= 4 is 10.9 Å². The summed E-state index contributed by atoms with van der Waals surface area (Å²) in [5.74, 6) is 0. The number of benzene rings is 2. The van der Waals surface area contributed by atoms with Crippen LogP contribution in [0.4, 0.5) is 0 Å². The highest BCUT2D eigenvalue weighted by atomic mass is 14.9. The second kappa shape index (κ2) is 6.51. The van der Waals surface area contributed by atoms with E-state index in [1.54, 1.807) is 0 Å². The summed E-state index contributed by atoms with van der Waals surface area (Å²) >= 11 is 0. The highest BCUT2D eigenvalue weighted by Gasteiger charge is 2.01. The fourth-order valence-electron chi connectivity index (χ4n) is 2.54. The fraction of sp³-hybridized carbons (Fsp3) is 0.211. The molecule has 3 aromatic rings. The van der Waals surface area contributed by atoms with Crippen LogP contribution in [-0.2, 0) is 19.5 Å². The van der Waals surface area contributed by atoms with Crippen molar-refractivity contribution in [3.63, 3.8) is 0 Å². The van der Waals surface area contributed by atoms with Gasteiger partial charge < -0.3 is 5.32 Å². The Bertz CT molecular complexity index is 712. The van der Waals surface area contributed by atoms with E-state index in [4.69, 9.17) is 0 Å². The van der Waals surface area contributed by atoms with E-state index >= 15 is 0 Å². The van der Waals surface area contributed by atoms with Crippen molar-refractivity contribution in [3.8, 4) is 0 Å². The quantitative estimate of drug-likeness (QED) is 0.759. The largest absolute Gasteiger partial charge is 0.309 e. The summed E-state index contributed by atoms with van der Waals surface area (Å²) in [6.45, 7) is 3.90. The first-order valence-corrected chi connectivity index (χ1v) is 7.48. The Hall–Kier alpha value is -2.19. The molecular weight excluding hydrogens is 256 g/mol. The topological polar surface area (TPSA) is 24.9 Å². The van der Waals surface area contributed by atoms with Gasteiger partial charge in [0, 0.05) is 24.7 Å². The molecule has 0 spiro atoms.